The van der Waals surface area contributed by atoms with Crippen molar-refractivity contribution in [3.05, 3.63) is 82.0 Å². The Morgan fingerprint density at radius 2 is 1.80 bits per heavy atom. The number of carbonyl (C=O) groups excluding carboxylic acids is 1. The van der Waals surface area contributed by atoms with Crippen LogP contribution in [-0.4, -0.2) is 10.5 Å². The van der Waals surface area contributed by atoms with Crippen molar-refractivity contribution in [3.8, 4) is 17.3 Å². The van der Waals surface area contributed by atoms with Gasteiger partial charge in [0.25, 0.3) is 5.91 Å². The van der Waals surface area contributed by atoms with Gasteiger partial charge in [0.15, 0.2) is 0 Å². The molecule has 0 aliphatic heterocycles. The summed E-state index contributed by atoms with van der Waals surface area (Å²) in [6.45, 7) is 2.47. The van der Waals surface area contributed by atoms with Crippen molar-refractivity contribution in [2.24, 2.45) is 5.73 Å². The zero-order valence-corrected chi connectivity index (χ0v) is 14.4. The van der Waals surface area contributed by atoms with Gasteiger partial charge in [-0.3, -0.25) is 4.79 Å². The third-order valence-electron chi connectivity index (χ3n) is 4.20. The molecule has 4 nitrogen and oxygen atoms in total. The van der Waals surface area contributed by atoms with Crippen molar-refractivity contribution in [1.82, 2.24) is 4.57 Å². The summed E-state index contributed by atoms with van der Waals surface area (Å²) >= 11 is 5.95. The molecule has 0 fully saturated rings. The molecule has 0 aliphatic carbocycles. The van der Waals surface area contributed by atoms with Crippen molar-refractivity contribution in [2.75, 3.05) is 0 Å². The highest BCUT2D eigenvalue weighted by Gasteiger charge is 2.17. The van der Waals surface area contributed by atoms with E-state index in [0.717, 1.165) is 22.5 Å². The first kappa shape index (κ1) is 16.8. The fraction of sp³-hybridized carbons (Fsp3) is 0.100. The van der Waals surface area contributed by atoms with Gasteiger partial charge in [-0.25, -0.2) is 0 Å². The maximum Gasteiger partial charge on any atom is 0.250 e. The highest BCUT2D eigenvalue weighted by molar-refractivity contribution is 6.30. The van der Waals surface area contributed by atoms with Crippen molar-refractivity contribution in [2.45, 2.75) is 13.5 Å². The van der Waals surface area contributed by atoms with Crippen LogP contribution in [0.2, 0.25) is 5.02 Å². The van der Waals surface area contributed by atoms with Gasteiger partial charge in [-0.2, -0.15) is 5.26 Å². The molecule has 124 valence electrons. The fourth-order valence-corrected chi connectivity index (χ4v) is 2.95. The van der Waals surface area contributed by atoms with Gasteiger partial charge >= 0.3 is 0 Å². The van der Waals surface area contributed by atoms with Gasteiger partial charge in [-0.1, -0.05) is 35.9 Å². The molecule has 1 heterocycles. The summed E-state index contributed by atoms with van der Waals surface area (Å²) in [5.74, 6) is -0.456. The van der Waals surface area contributed by atoms with Crippen LogP contribution < -0.4 is 5.73 Å². The quantitative estimate of drug-likeness (QED) is 0.769. The molecule has 0 saturated carbocycles. The number of primary amides is 1. The maximum atomic E-state index is 11.8. The van der Waals surface area contributed by atoms with Gasteiger partial charge in [-0.05, 0) is 48.4 Å². The van der Waals surface area contributed by atoms with E-state index in [2.05, 4.69) is 6.07 Å². The molecule has 0 atom stereocenters. The molecule has 3 aromatic rings. The lowest BCUT2D eigenvalue weighted by Crippen LogP contribution is -2.12. The number of benzene rings is 2. The highest BCUT2D eigenvalue weighted by atomic mass is 35.5. The zero-order valence-electron chi connectivity index (χ0n) is 13.7. The summed E-state index contributed by atoms with van der Waals surface area (Å²) in [5.41, 5.74) is 10.3. The smallest absolute Gasteiger partial charge is 0.250 e. The second-order valence-corrected chi connectivity index (χ2v) is 6.23. The molecule has 3 rings (SSSR count). The van der Waals surface area contributed by atoms with Gasteiger partial charge in [-0.15, -0.1) is 0 Å². The van der Waals surface area contributed by atoms with Crippen LogP contribution in [0.15, 0.2) is 54.6 Å². The van der Waals surface area contributed by atoms with Crippen molar-refractivity contribution in [1.29, 1.82) is 5.26 Å². The lowest BCUT2D eigenvalue weighted by Gasteiger charge is -2.12. The first-order valence-corrected chi connectivity index (χ1v) is 8.12. The molecular weight excluding hydrogens is 334 g/mol. The predicted molar refractivity (Wildman–Crippen MR) is 98.4 cm³/mol. The number of hydrogen-bond donors (Lipinski definition) is 1. The molecule has 1 amide bonds. The van der Waals surface area contributed by atoms with Crippen LogP contribution >= 0.6 is 11.6 Å². The minimum atomic E-state index is -0.456. The molecule has 0 saturated heterocycles. The predicted octanol–water partition coefficient (Wildman–Crippen LogP) is 4.14. The van der Waals surface area contributed by atoms with Crippen LogP contribution in [0.1, 0.15) is 27.2 Å². The Morgan fingerprint density at radius 1 is 1.16 bits per heavy atom. The Hall–Kier alpha value is -3.03. The van der Waals surface area contributed by atoms with Crippen LogP contribution in [-0.2, 0) is 6.54 Å². The SMILES string of the molecule is Cc1c(C(N)=O)cc(-c2ccc(C#N)cc2)n1Cc1ccc(Cl)cc1. The average molecular weight is 350 g/mol. The van der Waals surface area contributed by atoms with Crippen LogP contribution in [0.3, 0.4) is 0 Å². The lowest BCUT2D eigenvalue weighted by atomic mass is 10.1. The van der Waals surface area contributed by atoms with E-state index in [1.807, 2.05) is 47.9 Å². The van der Waals surface area contributed by atoms with E-state index >= 15 is 0 Å². The summed E-state index contributed by atoms with van der Waals surface area (Å²) in [5, 5.41) is 9.64. The second-order valence-electron chi connectivity index (χ2n) is 5.79. The number of carbonyl (C=O) groups is 1. The topological polar surface area (TPSA) is 71.8 Å². The number of aromatic nitrogens is 1. The Labute approximate surface area is 151 Å². The Kier molecular flexibility index (Phi) is 4.60. The standard InChI is InChI=1S/C20H16ClN3O/c1-13-18(20(23)25)10-19(16-6-2-14(11-22)3-7-16)24(13)12-15-4-8-17(21)9-5-15/h2-10H,12H2,1H3,(H2,23,25). The van der Waals surface area contributed by atoms with E-state index in [4.69, 9.17) is 22.6 Å². The number of nitriles is 1. The van der Waals surface area contributed by atoms with E-state index in [0.29, 0.717) is 22.7 Å². The van der Waals surface area contributed by atoms with Crippen molar-refractivity contribution < 1.29 is 4.79 Å². The van der Waals surface area contributed by atoms with Crippen LogP contribution in [0, 0.1) is 18.3 Å². The maximum absolute atomic E-state index is 11.8. The zero-order chi connectivity index (χ0) is 18.0. The summed E-state index contributed by atoms with van der Waals surface area (Å²) < 4.78 is 2.05. The number of hydrogen-bond acceptors (Lipinski definition) is 2. The minimum absolute atomic E-state index is 0.456. The molecule has 25 heavy (non-hydrogen) atoms. The largest absolute Gasteiger partial charge is 0.366 e. The molecule has 0 bridgehead atoms. The van der Waals surface area contributed by atoms with Crippen LogP contribution in [0.5, 0.6) is 0 Å². The van der Waals surface area contributed by atoms with Gasteiger partial charge in [0.05, 0.1) is 17.2 Å². The van der Waals surface area contributed by atoms with Gasteiger partial charge in [0.2, 0.25) is 0 Å². The molecule has 0 spiro atoms. The van der Waals surface area contributed by atoms with E-state index in [9.17, 15) is 4.79 Å². The van der Waals surface area contributed by atoms with Gasteiger partial charge in [0.1, 0.15) is 0 Å². The molecule has 0 aliphatic rings. The van der Waals surface area contributed by atoms with Crippen LogP contribution in [0.25, 0.3) is 11.3 Å². The van der Waals surface area contributed by atoms with E-state index in [-0.39, 0.29) is 0 Å². The number of nitrogens with two attached hydrogens (primary N) is 1. The van der Waals surface area contributed by atoms with Crippen molar-refractivity contribution in [3.63, 3.8) is 0 Å². The second kappa shape index (κ2) is 6.84. The highest BCUT2D eigenvalue weighted by Crippen LogP contribution is 2.27. The molecule has 0 radical (unpaired) electrons. The summed E-state index contributed by atoms with van der Waals surface area (Å²) in [6.07, 6.45) is 0. The summed E-state index contributed by atoms with van der Waals surface area (Å²) in [4.78, 5) is 11.8. The summed E-state index contributed by atoms with van der Waals surface area (Å²) in [7, 11) is 0. The minimum Gasteiger partial charge on any atom is -0.366 e. The van der Waals surface area contributed by atoms with Gasteiger partial charge < -0.3 is 10.3 Å². The Bertz CT molecular complexity index is 964. The number of rotatable bonds is 4. The fourth-order valence-electron chi connectivity index (χ4n) is 2.83. The van der Waals surface area contributed by atoms with Crippen molar-refractivity contribution >= 4 is 17.5 Å². The molecule has 2 aromatic carbocycles. The number of nitrogens with zero attached hydrogens (tertiary/aromatic N) is 2. The number of halogens is 1. The monoisotopic (exact) mass is 349 g/mol. The first-order chi connectivity index (χ1) is 12.0. The lowest BCUT2D eigenvalue weighted by molar-refractivity contribution is 0.0999. The molecule has 1 aromatic heterocycles. The Morgan fingerprint density at radius 3 is 2.36 bits per heavy atom. The molecule has 5 heteroatoms. The van der Waals surface area contributed by atoms with E-state index in [1.54, 1.807) is 18.2 Å². The van der Waals surface area contributed by atoms with Gasteiger partial charge in [0, 0.05) is 23.0 Å². The molecule has 0 unspecified atom stereocenters. The van der Waals surface area contributed by atoms with Crippen LogP contribution in [0.4, 0.5) is 0 Å². The van der Waals surface area contributed by atoms with E-state index in [1.165, 1.54) is 0 Å². The average Bonchev–Trinajstić information content (AvgIpc) is 2.94. The molecular formula is C20H16ClN3O. The third kappa shape index (κ3) is 3.42. The summed E-state index contributed by atoms with van der Waals surface area (Å²) in [6, 6.07) is 18.8. The van der Waals surface area contributed by atoms with E-state index < -0.39 is 5.91 Å². The molecule has 2 N–H and O–H groups in total. The Balaban J connectivity index is 2.09. The third-order valence-corrected chi connectivity index (χ3v) is 4.45. The number of amides is 1. The first-order valence-electron chi connectivity index (χ1n) is 7.74. The normalized spacial score (nSPS) is 10.4.